The summed E-state index contributed by atoms with van der Waals surface area (Å²) in [4.78, 5) is 11.5. The molecule has 2 heterocycles. The third-order valence-corrected chi connectivity index (χ3v) is 2.13. The van der Waals surface area contributed by atoms with Gasteiger partial charge in [0.15, 0.2) is 0 Å². The average Bonchev–Trinajstić information content (AvgIpc) is 2.22. The van der Waals surface area contributed by atoms with E-state index in [9.17, 15) is 0 Å². The van der Waals surface area contributed by atoms with Crippen LogP contribution in [0.2, 0.25) is 0 Å². The fourth-order valence-electron chi connectivity index (χ4n) is 1.22. The van der Waals surface area contributed by atoms with Crippen molar-refractivity contribution in [2.75, 3.05) is 46.4 Å². The van der Waals surface area contributed by atoms with E-state index in [1.165, 1.54) is 13.1 Å². The maximum atomic E-state index is 4.57. The minimum absolute atomic E-state index is 0.778. The number of piperazine rings is 1. The topological polar surface area (TPSA) is 33.7 Å². The molecule has 78 valence electrons. The third-order valence-electron chi connectivity index (χ3n) is 2.13. The lowest BCUT2D eigenvalue weighted by atomic mass is 10.3. The van der Waals surface area contributed by atoms with Crippen molar-refractivity contribution >= 4 is 0 Å². The first-order valence-corrected chi connectivity index (χ1v) is 5.03. The zero-order valence-corrected chi connectivity index (χ0v) is 8.42. The Labute approximate surface area is 80.1 Å². The van der Waals surface area contributed by atoms with Crippen molar-refractivity contribution < 1.29 is 9.78 Å². The van der Waals surface area contributed by atoms with Gasteiger partial charge in [-0.05, 0) is 19.9 Å². The van der Waals surface area contributed by atoms with E-state index in [0.717, 1.165) is 39.1 Å². The van der Waals surface area contributed by atoms with Gasteiger partial charge in [-0.15, -0.1) is 0 Å². The van der Waals surface area contributed by atoms with Crippen molar-refractivity contribution in [1.82, 2.24) is 10.2 Å². The number of hydrogen-bond acceptors (Lipinski definition) is 4. The summed E-state index contributed by atoms with van der Waals surface area (Å²) in [6, 6.07) is 0. The number of nitrogens with zero attached hydrogens (tertiary/aromatic N) is 1. The van der Waals surface area contributed by atoms with E-state index in [1.807, 2.05) is 0 Å². The standard InChI is InChI=1S/C5H12N2.C4H8O2/c1-7-4-2-6-3-5-7;1-2-4-6-5-3-1/h6H,2-5H2,1H3;1-4H2. The molecule has 4 nitrogen and oxygen atoms in total. The monoisotopic (exact) mass is 188 g/mol. The fourth-order valence-corrected chi connectivity index (χ4v) is 1.22. The van der Waals surface area contributed by atoms with Gasteiger partial charge in [-0.25, -0.2) is 9.78 Å². The zero-order valence-electron chi connectivity index (χ0n) is 8.42. The summed E-state index contributed by atoms with van der Waals surface area (Å²) in [6.07, 6.45) is 2.31. The fraction of sp³-hybridized carbons (Fsp3) is 1.00. The molecular formula is C9H20N2O2. The SMILES string of the molecule is C1CCOOC1.CN1CCNCC1. The Kier molecular flexibility index (Phi) is 6.10. The quantitative estimate of drug-likeness (QED) is 0.553. The second-order valence-corrected chi connectivity index (χ2v) is 3.40. The first-order valence-electron chi connectivity index (χ1n) is 5.03. The summed E-state index contributed by atoms with van der Waals surface area (Å²) in [6.45, 7) is 6.30. The molecule has 2 aliphatic rings. The van der Waals surface area contributed by atoms with Gasteiger partial charge in [0.1, 0.15) is 0 Å². The molecule has 0 saturated carbocycles. The number of likely N-dealkylation sites (N-methyl/N-ethyl adjacent to an activating group) is 1. The molecule has 2 fully saturated rings. The highest BCUT2D eigenvalue weighted by atomic mass is 17.2. The van der Waals surface area contributed by atoms with Crippen LogP contribution < -0.4 is 5.32 Å². The van der Waals surface area contributed by atoms with Gasteiger partial charge in [-0.1, -0.05) is 0 Å². The van der Waals surface area contributed by atoms with Gasteiger partial charge in [-0.3, -0.25) is 0 Å². The molecular weight excluding hydrogens is 168 g/mol. The molecule has 0 aromatic heterocycles. The van der Waals surface area contributed by atoms with E-state index in [-0.39, 0.29) is 0 Å². The minimum atomic E-state index is 0.778. The van der Waals surface area contributed by atoms with Gasteiger partial charge in [-0.2, -0.15) is 0 Å². The van der Waals surface area contributed by atoms with Crippen molar-refractivity contribution in [3.8, 4) is 0 Å². The van der Waals surface area contributed by atoms with E-state index < -0.39 is 0 Å². The van der Waals surface area contributed by atoms with Crippen LogP contribution in [0, 0.1) is 0 Å². The number of nitrogens with one attached hydrogen (secondary N) is 1. The molecule has 0 aromatic carbocycles. The second-order valence-electron chi connectivity index (χ2n) is 3.40. The van der Waals surface area contributed by atoms with Crippen LogP contribution in [0.5, 0.6) is 0 Å². The van der Waals surface area contributed by atoms with Gasteiger partial charge >= 0.3 is 0 Å². The lowest BCUT2D eigenvalue weighted by Gasteiger charge is -2.21. The van der Waals surface area contributed by atoms with Crippen LogP contribution in [0.25, 0.3) is 0 Å². The maximum Gasteiger partial charge on any atom is 0.0823 e. The highest BCUT2D eigenvalue weighted by Gasteiger charge is 2.01. The molecule has 0 radical (unpaired) electrons. The van der Waals surface area contributed by atoms with Crippen molar-refractivity contribution in [3.63, 3.8) is 0 Å². The van der Waals surface area contributed by atoms with Crippen molar-refractivity contribution in [2.45, 2.75) is 12.8 Å². The Bertz CT molecular complexity index is 101. The van der Waals surface area contributed by atoms with Gasteiger partial charge in [0, 0.05) is 26.2 Å². The molecule has 0 aliphatic carbocycles. The van der Waals surface area contributed by atoms with Crippen LogP contribution in [0.3, 0.4) is 0 Å². The smallest absolute Gasteiger partial charge is 0.0823 e. The first kappa shape index (κ1) is 10.9. The molecule has 0 spiro atoms. The summed E-state index contributed by atoms with van der Waals surface area (Å²) in [5.74, 6) is 0. The van der Waals surface area contributed by atoms with E-state index in [0.29, 0.717) is 0 Å². The highest BCUT2D eigenvalue weighted by Crippen LogP contribution is 1.97. The average molecular weight is 188 g/mol. The maximum absolute atomic E-state index is 4.57. The molecule has 1 N–H and O–H groups in total. The molecule has 0 bridgehead atoms. The van der Waals surface area contributed by atoms with Gasteiger partial charge < -0.3 is 10.2 Å². The van der Waals surface area contributed by atoms with Crippen molar-refractivity contribution in [3.05, 3.63) is 0 Å². The molecule has 2 aliphatic heterocycles. The van der Waals surface area contributed by atoms with Crippen molar-refractivity contribution in [2.24, 2.45) is 0 Å². The Morgan fingerprint density at radius 2 is 1.54 bits per heavy atom. The molecule has 2 saturated heterocycles. The third kappa shape index (κ3) is 5.99. The molecule has 2 rings (SSSR count). The number of rotatable bonds is 0. The van der Waals surface area contributed by atoms with Crippen LogP contribution in [0.4, 0.5) is 0 Å². The van der Waals surface area contributed by atoms with Crippen molar-refractivity contribution in [1.29, 1.82) is 0 Å². The first-order chi connectivity index (χ1) is 6.39. The normalized spacial score (nSPS) is 24.7. The van der Waals surface area contributed by atoms with Crippen LogP contribution in [-0.2, 0) is 9.78 Å². The lowest BCUT2D eigenvalue weighted by Crippen LogP contribution is -2.40. The zero-order chi connectivity index (χ0) is 9.36. The van der Waals surface area contributed by atoms with Crippen LogP contribution in [0.1, 0.15) is 12.8 Å². The molecule has 13 heavy (non-hydrogen) atoms. The summed E-state index contributed by atoms with van der Waals surface area (Å²) >= 11 is 0. The highest BCUT2D eigenvalue weighted by molar-refractivity contribution is 4.62. The largest absolute Gasteiger partial charge is 0.314 e. The summed E-state index contributed by atoms with van der Waals surface area (Å²) in [5.41, 5.74) is 0. The summed E-state index contributed by atoms with van der Waals surface area (Å²) in [5, 5.41) is 3.27. The molecule has 0 unspecified atom stereocenters. The lowest BCUT2D eigenvalue weighted by molar-refractivity contribution is -0.312. The predicted octanol–water partition coefficient (Wildman–Crippen LogP) is 0.250. The van der Waals surface area contributed by atoms with Crippen LogP contribution in [0.15, 0.2) is 0 Å². The Morgan fingerprint density at radius 1 is 1.00 bits per heavy atom. The Hall–Kier alpha value is -0.160. The van der Waals surface area contributed by atoms with Crippen LogP contribution >= 0.6 is 0 Å². The molecule has 0 aromatic rings. The molecule has 0 amide bonds. The van der Waals surface area contributed by atoms with E-state index in [2.05, 4.69) is 27.0 Å². The Balaban J connectivity index is 0.000000132. The minimum Gasteiger partial charge on any atom is -0.314 e. The Morgan fingerprint density at radius 3 is 1.77 bits per heavy atom. The van der Waals surface area contributed by atoms with E-state index >= 15 is 0 Å². The van der Waals surface area contributed by atoms with Gasteiger partial charge in [0.2, 0.25) is 0 Å². The van der Waals surface area contributed by atoms with Gasteiger partial charge in [0.05, 0.1) is 13.2 Å². The second kappa shape index (κ2) is 7.26. The summed E-state index contributed by atoms with van der Waals surface area (Å²) in [7, 11) is 2.15. The molecule has 0 atom stereocenters. The molecule has 4 heteroatoms. The van der Waals surface area contributed by atoms with E-state index in [4.69, 9.17) is 0 Å². The number of hydrogen-bond donors (Lipinski definition) is 1. The van der Waals surface area contributed by atoms with E-state index in [1.54, 1.807) is 0 Å². The predicted molar refractivity (Wildman–Crippen MR) is 51.5 cm³/mol. The van der Waals surface area contributed by atoms with Gasteiger partial charge in [0.25, 0.3) is 0 Å². The summed E-state index contributed by atoms with van der Waals surface area (Å²) < 4.78 is 0. The van der Waals surface area contributed by atoms with Crippen LogP contribution in [-0.4, -0.2) is 51.3 Å².